The van der Waals surface area contributed by atoms with E-state index in [0.717, 1.165) is 25.7 Å². The number of amides is 1. The average Bonchev–Trinajstić information content (AvgIpc) is 3.14. The molecule has 1 amide bonds. The van der Waals surface area contributed by atoms with Gasteiger partial charge in [0.2, 0.25) is 5.91 Å². The van der Waals surface area contributed by atoms with Crippen molar-refractivity contribution in [1.82, 2.24) is 5.32 Å². The van der Waals surface area contributed by atoms with Gasteiger partial charge in [0.25, 0.3) is 0 Å². The van der Waals surface area contributed by atoms with Gasteiger partial charge in [0.15, 0.2) is 0 Å². The molecule has 0 saturated heterocycles. The molecule has 2 rings (SSSR count). The molecule has 0 aliphatic heterocycles. The molecule has 4 nitrogen and oxygen atoms in total. The Kier molecular flexibility index (Phi) is 4.62. The van der Waals surface area contributed by atoms with Gasteiger partial charge in [0.1, 0.15) is 0 Å². The van der Waals surface area contributed by atoms with E-state index in [-0.39, 0.29) is 11.9 Å². The predicted octanol–water partition coefficient (Wildman–Crippen LogP) is 1.32. The zero-order chi connectivity index (χ0) is 13.0. The van der Waals surface area contributed by atoms with Gasteiger partial charge in [-0.3, -0.25) is 4.79 Å². The first kappa shape index (κ1) is 13.8. The largest absolute Gasteiger partial charge is 0.388 e. The van der Waals surface area contributed by atoms with Gasteiger partial charge in [-0.2, -0.15) is 0 Å². The first-order valence-corrected chi connectivity index (χ1v) is 7.34. The molecule has 0 bridgehead atoms. The van der Waals surface area contributed by atoms with Crippen LogP contribution in [0.1, 0.15) is 57.8 Å². The van der Waals surface area contributed by atoms with Crippen molar-refractivity contribution in [3.05, 3.63) is 0 Å². The van der Waals surface area contributed by atoms with Crippen LogP contribution in [0.15, 0.2) is 0 Å². The Labute approximate surface area is 109 Å². The lowest BCUT2D eigenvalue weighted by Gasteiger charge is -2.27. The van der Waals surface area contributed by atoms with Gasteiger partial charge in [0.05, 0.1) is 5.60 Å². The summed E-state index contributed by atoms with van der Waals surface area (Å²) < 4.78 is 0. The summed E-state index contributed by atoms with van der Waals surface area (Å²) in [5.41, 5.74) is 5.24. The molecule has 0 aromatic heterocycles. The summed E-state index contributed by atoms with van der Waals surface area (Å²) in [6.45, 7) is 0.392. The molecular formula is C14H26N2O2. The first-order chi connectivity index (χ1) is 8.59. The Bertz CT molecular complexity index is 282. The molecule has 104 valence electrons. The molecule has 2 fully saturated rings. The van der Waals surface area contributed by atoms with Crippen LogP contribution in [0, 0.1) is 5.92 Å². The van der Waals surface area contributed by atoms with Crippen LogP contribution in [0.4, 0.5) is 0 Å². The van der Waals surface area contributed by atoms with E-state index in [1.807, 2.05) is 0 Å². The highest BCUT2D eigenvalue weighted by molar-refractivity contribution is 5.76. The minimum absolute atomic E-state index is 0.00734. The number of nitrogens with one attached hydrogen (secondary N) is 1. The number of rotatable bonds is 5. The van der Waals surface area contributed by atoms with Crippen LogP contribution in [0.3, 0.4) is 0 Å². The number of carbonyl (C=O) groups is 1. The lowest BCUT2D eigenvalue weighted by Crippen LogP contribution is -2.44. The van der Waals surface area contributed by atoms with Crippen LogP contribution in [-0.4, -0.2) is 29.2 Å². The zero-order valence-corrected chi connectivity index (χ0v) is 11.2. The molecule has 0 aromatic rings. The molecule has 2 saturated carbocycles. The fourth-order valence-electron chi connectivity index (χ4n) is 2.80. The summed E-state index contributed by atoms with van der Waals surface area (Å²) in [6, 6.07) is 0.00813. The van der Waals surface area contributed by atoms with Crippen molar-refractivity contribution < 1.29 is 9.90 Å². The van der Waals surface area contributed by atoms with E-state index in [1.165, 1.54) is 25.7 Å². The minimum Gasteiger partial charge on any atom is -0.388 e. The summed E-state index contributed by atoms with van der Waals surface area (Å²) in [5.74, 6) is 0.545. The fourth-order valence-corrected chi connectivity index (χ4v) is 2.80. The molecular weight excluding hydrogens is 228 g/mol. The van der Waals surface area contributed by atoms with Crippen LogP contribution in [0.2, 0.25) is 0 Å². The van der Waals surface area contributed by atoms with E-state index in [0.29, 0.717) is 18.9 Å². The molecule has 0 aromatic carbocycles. The van der Waals surface area contributed by atoms with Gasteiger partial charge >= 0.3 is 0 Å². The van der Waals surface area contributed by atoms with Crippen molar-refractivity contribution >= 4 is 5.91 Å². The van der Waals surface area contributed by atoms with Gasteiger partial charge in [-0.25, -0.2) is 0 Å². The highest BCUT2D eigenvalue weighted by Crippen LogP contribution is 2.32. The standard InChI is InChI=1S/C14H26N2O2/c15-12(11-5-6-11)9-13(17)16-10-14(18)7-3-1-2-4-8-14/h11-12,18H,1-10,15H2,(H,16,17). The van der Waals surface area contributed by atoms with Gasteiger partial charge in [-0.05, 0) is 31.6 Å². The summed E-state index contributed by atoms with van der Waals surface area (Å²) in [6.07, 6.45) is 8.87. The zero-order valence-electron chi connectivity index (χ0n) is 11.2. The Morgan fingerprint density at radius 3 is 2.44 bits per heavy atom. The monoisotopic (exact) mass is 254 g/mol. The third kappa shape index (κ3) is 4.25. The number of nitrogens with two attached hydrogens (primary N) is 1. The number of hydrogen-bond donors (Lipinski definition) is 3. The van der Waals surface area contributed by atoms with Crippen LogP contribution in [0.25, 0.3) is 0 Å². The molecule has 0 heterocycles. The Balaban J connectivity index is 1.70. The molecule has 4 N–H and O–H groups in total. The first-order valence-electron chi connectivity index (χ1n) is 7.34. The van der Waals surface area contributed by atoms with Gasteiger partial charge in [-0.1, -0.05) is 25.7 Å². The summed E-state index contributed by atoms with van der Waals surface area (Å²) in [7, 11) is 0. The third-order valence-corrected chi connectivity index (χ3v) is 4.30. The molecule has 2 aliphatic carbocycles. The Hall–Kier alpha value is -0.610. The summed E-state index contributed by atoms with van der Waals surface area (Å²) in [5, 5.41) is 13.3. The van der Waals surface area contributed by atoms with Crippen LogP contribution >= 0.6 is 0 Å². The number of carbonyl (C=O) groups excluding carboxylic acids is 1. The number of hydrogen-bond acceptors (Lipinski definition) is 3. The van der Waals surface area contributed by atoms with E-state index in [4.69, 9.17) is 5.73 Å². The maximum atomic E-state index is 11.8. The second kappa shape index (κ2) is 6.02. The smallest absolute Gasteiger partial charge is 0.221 e. The Morgan fingerprint density at radius 2 is 1.89 bits per heavy atom. The fraction of sp³-hybridized carbons (Fsp3) is 0.929. The van der Waals surface area contributed by atoms with Crippen LogP contribution < -0.4 is 11.1 Å². The molecule has 2 aliphatic rings. The van der Waals surface area contributed by atoms with Crippen molar-refractivity contribution in [3.8, 4) is 0 Å². The third-order valence-electron chi connectivity index (χ3n) is 4.30. The minimum atomic E-state index is -0.685. The van der Waals surface area contributed by atoms with E-state index >= 15 is 0 Å². The second-order valence-electron chi connectivity index (χ2n) is 6.12. The van der Waals surface area contributed by atoms with E-state index < -0.39 is 5.60 Å². The highest BCUT2D eigenvalue weighted by Gasteiger charge is 2.31. The summed E-state index contributed by atoms with van der Waals surface area (Å²) >= 11 is 0. The second-order valence-corrected chi connectivity index (χ2v) is 6.12. The highest BCUT2D eigenvalue weighted by atomic mass is 16.3. The van der Waals surface area contributed by atoms with Crippen molar-refractivity contribution in [2.24, 2.45) is 11.7 Å². The molecule has 18 heavy (non-hydrogen) atoms. The molecule has 1 unspecified atom stereocenters. The normalized spacial score (nSPS) is 25.2. The quantitative estimate of drug-likeness (QED) is 0.648. The predicted molar refractivity (Wildman–Crippen MR) is 71.0 cm³/mol. The van der Waals surface area contributed by atoms with Crippen molar-refractivity contribution in [2.45, 2.75) is 69.4 Å². The average molecular weight is 254 g/mol. The van der Waals surface area contributed by atoms with E-state index in [1.54, 1.807) is 0 Å². The van der Waals surface area contributed by atoms with Gasteiger partial charge in [-0.15, -0.1) is 0 Å². The van der Waals surface area contributed by atoms with Crippen molar-refractivity contribution in [3.63, 3.8) is 0 Å². The lowest BCUT2D eigenvalue weighted by molar-refractivity contribution is -0.123. The van der Waals surface area contributed by atoms with Crippen molar-refractivity contribution in [1.29, 1.82) is 0 Å². The summed E-state index contributed by atoms with van der Waals surface area (Å²) in [4.78, 5) is 11.8. The maximum absolute atomic E-state index is 11.8. The molecule has 0 radical (unpaired) electrons. The number of aliphatic hydroxyl groups is 1. The van der Waals surface area contributed by atoms with Crippen LogP contribution in [0.5, 0.6) is 0 Å². The molecule has 4 heteroatoms. The SMILES string of the molecule is NC(CC(=O)NCC1(O)CCCCCC1)C1CC1. The lowest BCUT2D eigenvalue weighted by atomic mass is 9.94. The van der Waals surface area contributed by atoms with E-state index in [2.05, 4.69) is 5.32 Å². The van der Waals surface area contributed by atoms with Gasteiger partial charge in [0, 0.05) is 19.0 Å². The topological polar surface area (TPSA) is 75.4 Å². The van der Waals surface area contributed by atoms with Gasteiger partial charge < -0.3 is 16.2 Å². The molecule has 0 spiro atoms. The molecule has 1 atom stereocenters. The van der Waals surface area contributed by atoms with E-state index in [9.17, 15) is 9.90 Å². The Morgan fingerprint density at radius 1 is 1.28 bits per heavy atom. The van der Waals surface area contributed by atoms with Crippen molar-refractivity contribution in [2.75, 3.05) is 6.54 Å². The van der Waals surface area contributed by atoms with Crippen LogP contribution in [-0.2, 0) is 4.79 Å². The maximum Gasteiger partial charge on any atom is 0.221 e.